The maximum absolute atomic E-state index is 11.7. The summed E-state index contributed by atoms with van der Waals surface area (Å²) in [6.45, 7) is 24.0. The second-order valence-electron chi connectivity index (χ2n) is 10.0. The van der Waals surface area contributed by atoms with E-state index in [1.54, 1.807) is 27.7 Å². The third-order valence-corrected chi connectivity index (χ3v) is 5.46. The SMILES string of the molecule is C=C(C)C(=O)NCCCOCC(COCCCNC(=O)C(=C)C)(COCCCNC(=O)C(=C)C)NC(O)C(=C)C. The third-order valence-electron chi connectivity index (χ3n) is 5.46. The summed E-state index contributed by atoms with van der Waals surface area (Å²) in [5, 5.41) is 22.0. The van der Waals surface area contributed by atoms with Gasteiger partial charge in [0.05, 0.1) is 25.4 Å². The number of nitrogens with one attached hydrogen (secondary N) is 4. The Morgan fingerprint density at radius 3 is 1.20 bits per heavy atom. The first kappa shape index (κ1) is 37.2. The summed E-state index contributed by atoms with van der Waals surface area (Å²) in [7, 11) is 0. The third kappa shape index (κ3) is 17.7. The predicted octanol–water partition coefficient (Wildman–Crippen LogP) is 1.51. The van der Waals surface area contributed by atoms with Crippen molar-refractivity contribution in [2.75, 3.05) is 59.3 Å². The van der Waals surface area contributed by atoms with Gasteiger partial charge in [-0.25, -0.2) is 0 Å². The Kier molecular flexibility index (Phi) is 19.5. The molecule has 0 aromatic heterocycles. The van der Waals surface area contributed by atoms with E-state index in [1.165, 1.54) is 0 Å². The molecule has 0 heterocycles. The fraction of sp³-hybridized carbons (Fsp3) is 0.621. The highest BCUT2D eigenvalue weighted by Crippen LogP contribution is 2.13. The number of carbonyl (C=O) groups excluding carboxylic acids is 3. The Balaban J connectivity index is 5.13. The van der Waals surface area contributed by atoms with Gasteiger partial charge in [-0.3, -0.25) is 19.7 Å². The number of hydrogen-bond donors (Lipinski definition) is 5. The van der Waals surface area contributed by atoms with E-state index in [1.807, 2.05) is 0 Å². The van der Waals surface area contributed by atoms with Gasteiger partial charge in [-0.1, -0.05) is 26.3 Å². The predicted molar refractivity (Wildman–Crippen MR) is 156 cm³/mol. The Labute approximate surface area is 239 Å². The summed E-state index contributed by atoms with van der Waals surface area (Å²) < 4.78 is 17.8. The number of hydrogen-bond acceptors (Lipinski definition) is 8. The molecule has 0 saturated heterocycles. The molecule has 40 heavy (non-hydrogen) atoms. The molecule has 1 atom stereocenters. The van der Waals surface area contributed by atoms with Crippen LogP contribution in [0.15, 0.2) is 48.6 Å². The number of aliphatic hydroxyl groups is 1. The van der Waals surface area contributed by atoms with Crippen LogP contribution in [0, 0.1) is 0 Å². The van der Waals surface area contributed by atoms with Crippen molar-refractivity contribution in [2.24, 2.45) is 0 Å². The van der Waals surface area contributed by atoms with Crippen LogP contribution < -0.4 is 21.3 Å². The van der Waals surface area contributed by atoms with Crippen molar-refractivity contribution in [3.8, 4) is 0 Å². The molecule has 0 bridgehead atoms. The molecule has 0 aliphatic heterocycles. The molecule has 1 unspecified atom stereocenters. The standard InChI is InChI=1S/C29H50N4O7/c1-21(2)25(34)30-12-9-15-38-18-29(33-28(37)24(7)8,19-39-16-10-13-31-26(35)22(3)4)20-40-17-11-14-32-27(36)23(5)6/h28,33,37H,1,3,5,7,9-20H2,2,4,6,8H3,(H,30,34)(H,31,35)(H,32,36). The largest absolute Gasteiger partial charge is 0.379 e. The van der Waals surface area contributed by atoms with E-state index in [2.05, 4.69) is 47.6 Å². The van der Waals surface area contributed by atoms with Gasteiger partial charge in [0.2, 0.25) is 17.7 Å². The monoisotopic (exact) mass is 566 g/mol. The highest BCUT2D eigenvalue weighted by atomic mass is 16.5. The van der Waals surface area contributed by atoms with Crippen molar-refractivity contribution in [1.82, 2.24) is 21.3 Å². The normalized spacial score (nSPS) is 11.8. The minimum atomic E-state index is -1.03. The first-order valence-electron chi connectivity index (χ1n) is 13.5. The minimum Gasteiger partial charge on any atom is -0.379 e. The molecule has 3 amide bonds. The molecular weight excluding hydrogens is 516 g/mol. The lowest BCUT2D eigenvalue weighted by Gasteiger charge is -2.36. The lowest BCUT2D eigenvalue weighted by Crippen LogP contribution is -2.60. The van der Waals surface area contributed by atoms with E-state index in [4.69, 9.17) is 14.2 Å². The molecule has 228 valence electrons. The van der Waals surface area contributed by atoms with Crippen molar-refractivity contribution < 1.29 is 33.7 Å². The first-order chi connectivity index (χ1) is 18.8. The van der Waals surface area contributed by atoms with Gasteiger partial charge in [-0.2, -0.15) is 0 Å². The van der Waals surface area contributed by atoms with E-state index in [-0.39, 0.29) is 37.5 Å². The van der Waals surface area contributed by atoms with Gasteiger partial charge in [0.1, 0.15) is 6.23 Å². The molecule has 5 N–H and O–H groups in total. The van der Waals surface area contributed by atoms with Gasteiger partial charge in [0.25, 0.3) is 0 Å². The molecular formula is C29H50N4O7. The van der Waals surface area contributed by atoms with E-state index >= 15 is 0 Å². The topological polar surface area (TPSA) is 147 Å². The van der Waals surface area contributed by atoms with E-state index in [9.17, 15) is 19.5 Å². The zero-order valence-electron chi connectivity index (χ0n) is 24.8. The van der Waals surface area contributed by atoms with Gasteiger partial charge in [0, 0.05) is 56.2 Å². The van der Waals surface area contributed by atoms with E-state index in [0.717, 1.165) is 0 Å². The summed E-state index contributed by atoms with van der Waals surface area (Å²) in [6.07, 6.45) is 0.690. The average molecular weight is 567 g/mol. The zero-order chi connectivity index (χ0) is 30.6. The second kappa shape index (κ2) is 21.0. The quantitative estimate of drug-likeness (QED) is 0.0511. The molecule has 0 aliphatic rings. The average Bonchev–Trinajstić information content (AvgIpc) is 2.89. The van der Waals surface area contributed by atoms with Gasteiger partial charge in [0.15, 0.2) is 0 Å². The smallest absolute Gasteiger partial charge is 0.246 e. The maximum Gasteiger partial charge on any atom is 0.246 e. The highest BCUT2D eigenvalue weighted by molar-refractivity contribution is 5.92. The number of carbonyl (C=O) groups is 3. The Morgan fingerprint density at radius 2 is 0.950 bits per heavy atom. The van der Waals surface area contributed by atoms with Crippen molar-refractivity contribution in [2.45, 2.75) is 58.7 Å². The summed E-state index contributed by atoms with van der Waals surface area (Å²) in [4.78, 5) is 35.0. The Morgan fingerprint density at radius 1 is 0.650 bits per heavy atom. The van der Waals surface area contributed by atoms with Gasteiger partial charge < -0.3 is 35.3 Å². The molecule has 0 radical (unpaired) electrons. The van der Waals surface area contributed by atoms with Gasteiger partial charge in [-0.05, 0) is 52.5 Å². The van der Waals surface area contributed by atoms with Crippen molar-refractivity contribution in [3.63, 3.8) is 0 Å². The van der Waals surface area contributed by atoms with Crippen LogP contribution in [0.3, 0.4) is 0 Å². The fourth-order valence-corrected chi connectivity index (χ4v) is 3.05. The number of aliphatic hydroxyl groups excluding tert-OH is 1. The van der Waals surface area contributed by atoms with Crippen LogP contribution in [0.2, 0.25) is 0 Å². The van der Waals surface area contributed by atoms with E-state index < -0.39 is 11.8 Å². The summed E-state index contributed by atoms with van der Waals surface area (Å²) in [5.74, 6) is -0.621. The molecule has 0 aliphatic carbocycles. The van der Waals surface area contributed by atoms with Crippen LogP contribution in [0.1, 0.15) is 47.0 Å². The molecule has 0 aromatic rings. The lowest BCUT2D eigenvalue weighted by atomic mass is 10.0. The highest BCUT2D eigenvalue weighted by Gasteiger charge is 2.34. The van der Waals surface area contributed by atoms with Crippen LogP contribution >= 0.6 is 0 Å². The summed E-state index contributed by atoms with van der Waals surface area (Å²) in [5.41, 5.74) is 0.889. The van der Waals surface area contributed by atoms with Gasteiger partial charge in [-0.15, -0.1) is 0 Å². The lowest BCUT2D eigenvalue weighted by molar-refractivity contribution is -0.118. The van der Waals surface area contributed by atoms with Crippen LogP contribution in [-0.2, 0) is 28.6 Å². The van der Waals surface area contributed by atoms with Gasteiger partial charge >= 0.3 is 0 Å². The Bertz CT molecular complexity index is 779. The van der Waals surface area contributed by atoms with Crippen LogP contribution in [0.4, 0.5) is 0 Å². The fourth-order valence-electron chi connectivity index (χ4n) is 3.05. The molecule has 0 saturated carbocycles. The Hall–Kier alpha value is -2.83. The molecule has 0 rings (SSSR count). The molecule has 11 heteroatoms. The zero-order valence-corrected chi connectivity index (χ0v) is 24.8. The minimum absolute atomic E-state index is 0.143. The van der Waals surface area contributed by atoms with Crippen LogP contribution in [0.25, 0.3) is 0 Å². The second-order valence-corrected chi connectivity index (χ2v) is 10.0. The van der Waals surface area contributed by atoms with Crippen molar-refractivity contribution >= 4 is 17.7 Å². The van der Waals surface area contributed by atoms with Crippen molar-refractivity contribution in [3.05, 3.63) is 48.6 Å². The van der Waals surface area contributed by atoms with E-state index in [0.29, 0.717) is 81.0 Å². The van der Waals surface area contributed by atoms with Crippen LogP contribution in [0.5, 0.6) is 0 Å². The van der Waals surface area contributed by atoms with Crippen LogP contribution in [-0.4, -0.2) is 93.9 Å². The molecule has 0 fully saturated rings. The molecule has 0 spiro atoms. The molecule has 11 nitrogen and oxygen atoms in total. The van der Waals surface area contributed by atoms with Crippen molar-refractivity contribution in [1.29, 1.82) is 0 Å². The number of ether oxygens (including phenoxy) is 3. The maximum atomic E-state index is 11.7. The summed E-state index contributed by atoms with van der Waals surface area (Å²) in [6, 6.07) is 0. The first-order valence-corrected chi connectivity index (χ1v) is 13.5. The number of amides is 3. The summed E-state index contributed by atoms with van der Waals surface area (Å²) >= 11 is 0. The number of rotatable bonds is 24. The molecule has 0 aromatic carbocycles.